The van der Waals surface area contributed by atoms with Crippen molar-refractivity contribution in [3.8, 4) is 12.3 Å². The van der Waals surface area contributed by atoms with Gasteiger partial charge in [-0.15, -0.1) is 6.42 Å². The van der Waals surface area contributed by atoms with Gasteiger partial charge in [-0.25, -0.2) is 4.79 Å². The van der Waals surface area contributed by atoms with E-state index in [1.54, 1.807) is 13.8 Å². The van der Waals surface area contributed by atoms with Crippen LogP contribution in [0.3, 0.4) is 0 Å². The summed E-state index contributed by atoms with van der Waals surface area (Å²) in [5, 5.41) is 0. The van der Waals surface area contributed by atoms with Crippen molar-refractivity contribution in [2.24, 2.45) is 0 Å². The Morgan fingerprint density at radius 1 is 1.24 bits per heavy atom. The summed E-state index contributed by atoms with van der Waals surface area (Å²) in [7, 11) is 0. The number of rotatable bonds is 7. The number of terminal acetylenes is 1. The molecule has 0 spiro atoms. The Morgan fingerprint density at radius 3 is 2.48 bits per heavy atom. The van der Waals surface area contributed by atoms with Gasteiger partial charge in [0, 0.05) is 6.42 Å². The molecule has 5 heteroatoms. The van der Waals surface area contributed by atoms with Crippen LogP contribution in [0.5, 0.6) is 0 Å². The maximum absolute atomic E-state index is 11.8. The minimum atomic E-state index is -0.414. The van der Waals surface area contributed by atoms with E-state index >= 15 is 0 Å². The second-order valence-corrected chi connectivity index (χ2v) is 4.50. The smallest absolute Gasteiger partial charge is 0.355 e. The summed E-state index contributed by atoms with van der Waals surface area (Å²) in [6.45, 7) is 6.03. The van der Waals surface area contributed by atoms with E-state index < -0.39 is 5.97 Å². The Labute approximate surface area is 125 Å². The van der Waals surface area contributed by atoms with Gasteiger partial charge in [-0.3, -0.25) is 4.79 Å². The highest BCUT2D eigenvalue weighted by molar-refractivity contribution is 5.90. The van der Waals surface area contributed by atoms with Gasteiger partial charge in [0.1, 0.15) is 5.69 Å². The van der Waals surface area contributed by atoms with Gasteiger partial charge in [0.05, 0.1) is 18.9 Å². The highest BCUT2D eigenvalue weighted by atomic mass is 16.5. The fourth-order valence-electron chi connectivity index (χ4n) is 2.12. The van der Waals surface area contributed by atoms with Crippen LogP contribution in [0.15, 0.2) is 0 Å². The molecule has 0 radical (unpaired) electrons. The zero-order valence-electron chi connectivity index (χ0n) is 12.7. The summed E-state index contributed by atoms with van der Waals surface area (Å²) in [6, 6.07) is 0. The molecule has 0 fully saturated rings. The third kappa shape index (κ3) is 4.38. The first-order valence-electron chi connectivity index (χ1n) is 7.05. The third-order valence-corrected chi connectivity index (χ3v) is 3.12. The van der Waals surface area contributed by atoms with Crippen molar-refractivity contribution in [3.05, 3.63) is 22.5 Å². The van der Waals surface area contributed by atoms with Crippen LogP contribution in [0.25, 0.3) is 0 Å². The number of carbonyl (C=O) groups excluding carboxylic acids is 2. The topological polar surface area (TPSA) is 68.4 Å². The normalized spacial score (nSPS) is 10.0. The Kier molecular flexibility index (Phi) is 6.54. The van der Waals surface area contributed by atoms with Gasteiger partial charge in [-0.1, -0.05) is 5.92 Å². The van der Waals surface area contributed by atoms with Crippen LogP contribution in [0, 0.1) is 19.3 Å². The minimum Gasteiger partial charge on any atom is -0.466 e. The minimum absolute atomic E-state index is 0.224. The number of aromatic amines is 1. The molecule has 0 bridgehead atoms. The van der Waals surface area contributed by atoms with Crippen LogP contribution < -0.4 is 0 Å². The standard InChI is InChI=1S/C16H21NO4/c1-5-13-12(9-8-10-14(18)20-6-2)11(4)15(17-13)16(19)21-7-3/h1,17H,6-10H2,2-4H3. The summed E-state index contributed by atoms with van der Waals surface area (Å²) >= 11 is 0. The second-order valence-electron chi connectivity index (χ2n) is 4.50. The predicted molar refractivity (Wildman–Crippen MR) is 79.0 cm³/mol. The van der Waals surface area contributed by atoms with Crippen LogP contribution in [0.4, 0.5) is 0 Å². The number of hydrogen-bond donors (Lipinski definition) is 1. The SMILES string of the molecule is C#Cc1[nH]c(C(=O)OCC)c(C)c1CCCC(=O)OCC. The lowest BCUT2D eigenvalue weighted by molar-refractivity contribution is -0.143. The van der Waals surface area contributed by atoms with E-state index in [1.165, 1.54) is 0 Å². The Morgan fingerprint density at radius 2 is 1.90 bits per heavy atom. The summed E-state index contributed by atoms with van der Waals surface area (Å²) in [5.74, 6) is 1.90. The molecule has 1 aromatic heterocycles. The Balaban J connectivity index is 2.80. The summed E-state index contributed by atoms with van der Waals surface area (Å²) in [6.07, 6.45) is 7.02. The van der Waals surface area contributed by atoms with Crippen LogP contribution in [-0.2, 0) is 20.7 Å². The molecule has 0 aliphatic heterocycles. The molecule has 0 aliphatic carbocycles. The fourth-order valence-corrected chi connectivity index (χ4v) is 2.12. The van der Waals surface area contributed by atoms with Crippen molar-refractivity contribution < 1.29 is 19.1 Å². The van der Waals surface area contributed by atoms with Crippen molar-refractivity contribution in [1.29, 1.82) is 0 Å². The average molecular weight is 291 g/mol. The van der Waals surface area contributed by atoms with Gasteiger partial charge >= 0.3 is 11.9 Å². The van der Waals surface area contributed by atoms with E-state index in [4.69, 9.17) is 15.9 Å². The van der Waals surface area contributed by atoms with Gasteiger partial charge in [0.25, 0.3) is 0 Å². The molecule has 0 aromatic carbocycles. The van der Waals surface area contributed by atoms with Crippen molar-refractivity contribution >= 4 is 11.9 Å². The zero-order chi connectivity index (χ0) is 15.8. The summed E-state index contributed by atoms with van der Waals surface area (Å²) in [5.41, 5.74) is 2.62. The molecular formula is C16H21NO4. The number of hydrogen-bond acceptors (Lipinski definition) is 4. The highest BCUT2D eigenvalue weighted by Gasteiger charge is 2.19. The molecule has 114 valence electrons. The fraction of sp³-hybridized carbons (Fsp3) is 0.500. The molecule has 5 nitrogen and oxygen atoms in total. The monoisotopic (exact) mass is 291 g/mol. The first-order valence-corrected chi connectivity index (χ1v) is 7.05. The van der Waals surface area contributed by atoms with E-state index in [-0.39, 0.29) is 5.97 Å². The molecular weight excluding hydrogens is 270 g/mol. The number of H-pyrrole nitrogens is 1. The van der Waals surface area contributed by atoms with E-state index in [1.807, 2.05) is 6.92 Å². The van der Waals surface area contributed by atoms with Gasteiger partial charge < -0.3 is 14.5 Å². The second kappa shape index (κ2) is 8.15. The highest BCUT2D eigenvalue weighted by Crippen LogP contribution is 2.21. The largest absolute Gasteiger partial charge is 0.466 e. The molecule has 0 atom stereocenters. The molecule has 1 heterocycles. The maximum Gasteiger partial charge on any atom is 0.355 e. The molecule has 21 heavy (non-hydrogen) atoms. The summed E-state index contributed by atoms with van der Waals surface area (Å²) < 4.78 is 9.86. The third-order valence-electron chi connectivity index (χ3n) is 3.12. The van der Waals surface area contributed by atoms with Crippen molar-refractivity contribution in [3.63, 3.8) is 0 Å². The average Bonchev–Trinajstić information content (AvgIpc) is 2.76. The van der Waals surface area contributed by atoms with Crippen molar-refractivity contribution in [2.45, 2.75) is 40.0 Å². The number of ether oxygens (including phenoxy) is 2. The number of nitrogens with one attached hydrogen (secondary N) is 1. The van der Waals surface area contributed by atoms with Crippen molar-refractivity contribution in [2.75, 3.05) is 13.2 Å². The first-order chi connectivity index (χ1) is 10.0. The van der Waals surface area contributed by atoms with Crippen LogP contribution in [-0.4, -0.2) is 30.1 Å². The van der Waals surface area contributed by atoms with Crippen molar-refractivity contribution in [1.82, 2.24) is 4.98 Å². The molecule has 0 saturated carbocycles. The molecule has 1 rings (SSSR count). The number of esters is 2. The van der Waals surface area contributed by atoms with E-state index in [2.05, 4.69) is 10.9 Å². The quantitative estimate of drug-likeness (QED) is 0.618. The van der Waals surface area contributed by atoms with Crippen LogP contribution >= 0.6 is 0 Å². The lowest BCUT2D eigenvalue weighted by Gasteiger charge is -2.03. The van der Waals surface area contributed by atoms with Crippen LogP contribution in [0.1, 0.15) is 54.0 Å². The number of aromatic nitrogens is 1. The molecule has 1 N–H and O–H groups in total. The first kappa shape index (κ1) is 16.8. The maximum atomic E-state index is 11.8. The Hall–Kier alpha value is -2.22. The van der Waals surface area contributed by atoms with E-state index in [0.717, 1.165) is 11.1 Å². The number of carbonyl (C=O) groups is 2. The molecule has 0 amide bonds. The molecule has 0 aliphatic rings. The van der Waals surface area contributed by atoms with Gasteiger partial charge in [0.15, 0.2) is 0 Å². The van der Waals surface area contributed by atoms with E-state index in [0.29, 0.717) is 43.9 Å². The van der Waals surface area contributed by atoms with Gasteiger partial charge in [0.2, 0.25) is 0 Å². The van der Waals surface area contributed by atoms with Crippen LogP contribution in [0.2, 0.25) is 0 Å². The zero-order valence-corrected chi connectivity index (χ0v) is 12.7. The molecule has 0 unspecified atom stereocenters. The molecule has 0 saturated heterocycles. The predicted octanol–water partition coefficient (Wildman–Crippen LogP) is 2.37. The van der Waals surface area contributed by atoms with Gasteiger partial charge in [-0.05, 0) is 44.7 Å². The lowest BCUT2D eigenvalue weighted by Crippen LogP contribution is -2.07. The summed E-state index contributed by atoms with van der Waals surface area (Å²) in [4.78, 5) is 26.1. The lowest BCUT2D eigenvalue weighted by atomic mass is 10.0. The molecule has 1 aromatic rings. The Bertz CT molecular complexity index is 551. The van der Waals surface area contributed by atoms with E-state index in [9.17, 15) is 9.59 Å². The van der Waals surface area contributed by atoms with Gasteiger partial charge in [-0.2, -0.15) is 0 Å².